The molecule has 0 aliphatic heterocycles. The van der Waals surface area contributed by atoms with E-state index in [4.69, 9.17) is 11.1 Å². The summed E-state index contributed by atoms with van der Waals surface area (Å²) in [6, 6.07) is 3.42. The minimum absolute atomic E-state index is 0.126. The van der Waals surface area contributed by atoms with Crippen molar-refractivity contribution in [2.24, 2.45) is 11.7 Å². The molecule has 3 N–H and O–H groups in total. The van der Waals surface area contributed by atoms with Crippen molar-refractivity contribution in [3.63, 3.8) is 0 Å². The topological polar surface area (TPSA) is 53.1 Å². The number of anilines is 1. The molecule has 104 valence electrons. The second-order valence-corrected chi connectivity index (χ2v) is 5.80. The highest BCUT2D eigenvalue weighted by atomic mass is 79.9. The fraction of sp³-hybridized carbons (Fsp3) is 0.500. The van der Waals surface area contributed by atoms with Gasteiger partial charge in [0.25, 0.3) is 0 Å². The van der Waals surface area contributed by atoms with Gasteiger partial charge in [-0.3, -0.25) is 5.41 Å². The Morgan fingerprint density at radius 2 is 2.21 bits per heavy atom. The Hall–Kier alpha value is -1.10. The first kappa shape index (κ1) is 14.3. The maximum Gasteiger partial charge on any atom is 0.161 e. The molecular formula is C14H19BrFN3. The Bertz CT molecular complexity index is 486. The molecule has 3 nitrogen and oxygen atoms in total. The van der Waals surface area contributed by atoms with Gasteiger partial charge in [-0.25, -0.2) is 4.39 Å². The third-order valence-corrected chi connectivity index (χ3v) is 4.55. The quantitative estimate of drug-likeness (QED) is 0.642. The molecule has 0 amide bonds. The van der Waals surface area contributed by atoms with Gasteiger partial charge in [-0.2, -0.15) is 0 Å². The molecule has 19 heavy (non-hydrogen) atoms. The number of nitrogens with zero attached hydrogens (tertiary/aromatic N) is 1. The van der Waals surface area contributed by atoms with Crippen LogP contribution in [0, 0.1) is 17.1 Å². The number of benzene rings is 1. The van der Waals surface area contributed by atoms with E-state index >= 15 is 0 Å². The lowest BCUT2D eigenvalue weighted by Gasteiger charge is -2.33. The number of nitrogen functional groups attached to an aromatic ring is 1. The molecule has 1 saturated carbocycles. The van der Waals surface area contributed by atoms with E-state index in [1.807, 2.05) is 6.92 Å². The van der Waals surface area contributed by atoms with Gasteiger partial charge in [-0.05, 0) is 53.7 Å². The monoisotopic (exact) mass is 327 g/mol. The number of halogens is 2. The average Bonchev–Trinajstić information content (AvgIpc) is 2.32. The zero-order chi connectivity index (χ0) is 14.0. The minimum Gasteiger partial charge on any atom is -0.384 e. The van der Waals surface area contributed by atoms with E-state index < -0.39 is 0 Å². The van der Waals surface area contributed by atoms with Crippen molar-refractivity contribution in [1.29, 1.82) is 5.41 Å². The molecule has 0 unspecified atom stereocenters. The molecule has 5 heteroatoms. The highest BCUT2D eigenvalue weighted by molar-refractivity contribution is 9.10. The smallest absolute Gasteiger partial charge is 0.161 e. The molecule has 2 rings (SSSR count). The SMILES string of the molecule is CCN(CC1CCC1)c1ccc(C(=N)N)c(Br)c1F. The van der Waals surface area contributed by atoms with Gasteiger partial charge in [-0.15, -0.1) is 0 Å². The summed E-state index contributed by atoms with van der Waals surface area (Å²) in [6.07, 6.45) is 3.77. The Morgan fingerprint density at radius 1 is 1.53 bits per heavy atom. The lowest BCUT2D eigenvalue weighted by atomic mass is 9.85. The summed E-state index contributed by atoms with van der Waals surface area (Å²) in [5.74, 6) is 0.235. The fourth-order valence-corrected chi connectivity index (χ4v) is 2.93. The van der Waals surface area contributed by atoms with Gasteiger partial charge in [0, 0.05) is 18.7 Å². The van der Waals surface area contributed by atoms with Crippen molar-refractivity contribution >= 4 is 27.5 Å². The van der Waals surface area contributed by atoms with Crippen LogP contribution in [-0.4, -0.2) is 18.9 Å². The number of hydrogen-bond acceptors (Lipinski definition) is 2. The third kappa shape index (κ3) is 2.91. The summed E-state index contributed by atoms with van der Waals surface area (Å²) in [4.78, 5) is 2.06. The Kier molecular flexibility index (Phi) is 4.45. The van der Waals surface area contributed by atoms with Crippen LogP contribution in [0.4, 0.5) is 10.1 Å². The maximum absolute atomic E-state index is 14.4. The molecule has 0 saturated heterocycles. The van der Waals surface area contributed by atoms with Crippen molar-refractivity contribution in [3.8, 4) is 0 Å². The van der Waals surface area contributed by atoms with E-state index in [0.717, 1.165) is 13.1 Å². The summed E-state index contributed by atoms with van der Waals surface area (Å²) in [5, 5.41) is 7.42. The van der Waals surface area contributed by atoms with Crippen LogP contribution in [0.3, 0.4) is 0 Å². The molecular weight excluding hydrogens is 309 g/mol. The fourth-order valence-electron chi connectivity index (χ4n) is 2.38. The number of nitrogens with one attached hydrogen (secondary N) is 1. The first-order valence-corrected chi connectivity index (χ1v) is 7.41. The molecule has 0 radical (unpaired) electrons. The standard InChI is InChI=1S/C14H19BrFN3/c1-2-19(8-9-4-3-5-9)11-7-6-10(14(17)18)12(15)13(11)16/h6-7,9H,2-5,8H2,1H3,(H3,17,18). The van der Waals surface area contributed by atoms with Crippen LogP contribution in [0.2, 0.25) is 0 Å². The van der Waals surface area contributed by atoms with Crippen LogP contribution in [0.15, 0.2) is 16.6 Å². The predicted molar refractivity (Wildman–Crippen MR) is 80.3 cm³/mol. The summed E-state index contributed by atoms with van der Waals surface area (Å²) in [6.45, 7) is 3.71. The van der Waals surface area contributed by atoms with E-state index in [1.54, 1.807) is 12.1 Å². The molecule has 0 heterocycles. The zero-order valence-electron chi connectivity index (χ0n) is 11.0. The van der Waals surface area contributed by atoms with E-state index in [9.17, 15) is 4.39 Å². The van der Waals surface area contributed by atoms with Gasteiger partial charge < -0.3 is 10.6 Å². The predicted octanol–water partition coefficient (Wildman–Crippen LogP) is 3.50. The second kappa shape index (κ2) is 5.90. The van der Waals surface area contributed by atoms with Crippen LogP contribution in [0.5, 0.6) is 0 Å². The second-order valence-electron chi connectivity index (χ2n) is 5.01. The van der Waals surface area contributed by atoms with Gasteiger partial charge >= 0.3 is 0 Å². The molecule has 1 aromatic carbocycles. The van der Waals surface area contributed by atoms with Crippen molar-refractivity contribution < 1.29 is 4.39 Å². The Balaban J connectivity index is 2.27. The normalized spacial score (nSPS) is 15.1. The van der Waals surface area contributed by atoms with E-state index in [0.29, 0.717) is 17.2 Å². The van der Waals surface area contributed by atoms with Crippen molar-refractivity contribution in [2.45, 2.75) is 26.2 Å². The molecule has 0 bridgehead atoms. The van der Waals surface area contributed by atoms with Gasteiger partial charge in [0.1, 0.15) is 5.84 Å². The molecule has 1 aliphatic rings. The number of hydrogen-bond donors (Lipinski definition) is 2. The summed E-state index contributed by atoms with van der Waals surface area (Å²) in [7, 11) is 0. The molecule has 1 aromatic rings. The van der Waals surface area contributed by atoms with Crippen LogP contribution < -0.4 is 10.6 Å². The highest BCUT2D eigenvalue weighted by Gasteiger charge is 2.23. The molecule has 1 fully saturated rings. The molecule has 0 aromatic heterocycles. The number of nitrogens with two attached hydrogens (primary N) is 1. The number of rotatable bonds is 5. The van der Waals surface area contributed by atoms with Crippen molar-refractivity contribution in [2.75, 3.05) is 18.0 Å². The van der Waals surface area contributed by atoms with Crippen LogP contribution in [-0.2, 0) is 0 Å². The highest BCUT2D eigenvalue weighted by Crippen LogP contribution is 2.33. The van der Waals surface area contributed by atoms with E-state index in [1.165, 1.54) is 19.3 Å². The Labute approximate surface area is 121 Å². The first-order chi connectivity index (χ1) is 9.04. The van der Waals surface area contributed by atoms with Gasteiger partial charge in [0.2, 0.25) is 0 Å². The van der Waals surface area contributed by atoms with Crippen molar-refractivity contribution in [3.05, 3.63) is 28.0 Å². The number of amidine groups is 1. The largest absolute Gasteiger partial charge is 0.384 e. The Morgan fingerprint density at radius 3 is 2.68 bits per heavy atom. The minimum atomic E-state index is -0.325. The molecule has 0 spiro atoms. The lowest BCUT2D eigenvalue weighted by molar-refractivity contribution is 0.318. The van der Waals surface area contributed by atoms with Gasteiger partial charge in [0.05, 0.1) is 10.2 Å². The summed E-state index contributed by atoms with van der Waals surface area (Å²) < 4.78 is 14.7. The first-order valence-electron chi connectivity index (χ1n) is 6.62. The van der Waals surface area contributed by atoms with Gasteiger partial charge in [-0.1, -0.05) is 6.42 Å². The van der Waals surface area contributed by atoms with Crippen LogP contribution in [0.1, 0.15) is 31.7 Å². The summed E-state index contributed by atoms with van der Waals surface area (Å²) >= 11 is 3.20. The molecule has 1 aliphatic carbocycles. The lowest BCUT2D eigenvalue weighted by Crippen LogP contribution is -2.33. The van der Waals surface area contributed by atoms with E-state index in [-0.39, 0.29) is 16.1 Å². The maximum atomic E-state index is 14.4. The van der Waals surface area contributed by atoms with Crippen LogP contribution in [0.25, 0.3) is 0 Å². The van der Waals surface area contributed by atoms with Gasteiger partial charge in [0.15, 0.2) is 5.82 Å². The van der Waals surface area contributed by atoms with E-state index in [2.05, 4.69) is 20.8 Å². The third-order valence-electron chi connectivity index (χ3n) is 3.78. The van der Waals surface area contributed by atoms with Crippen LogP contribution >= 0.6 is 15.9 Å². The molecule has 0 atom stereocenters. The average molecular weight is 328 g/mol. The van der Waals surface area contributed by atoms with Crippen molar-refractivity contribution in [1.82, 2.24) is 0 Å². The summed E-state index contributed by atoms with van der Waals surface area (Å²) in [5.41, 5.74) is 6.42. The zero-order valence-corrected chi connectivity index (χ0v) is 12.6.